The smallest absolute Gasteiger partial charge is 0.242 e. The summed E-state index contributed by atoms with van der Waals surface area (Å²) in [6.45, 7) is 6.87. The van der Waals surface area contributed by atoms with Crippen LogP contribution in [-0.2, 0) is 32.6 Å². The molecule has 0 spiro atoms. The first-order valence-electron chi connectivity index (χ1n) is 12.0. The van der Waals surface area contributed by atoms with E-state index in [4.69, 9.17) is 0 Å². The normalized spacial score (nSPS) is 12.2. The molecule has 0 aliphatic heterocycles. The van der Waals surface area contributed by atoms with Crippen LogP contribution in [0.25, 0.3) is 0 Å². The summed E-state index contributed by atoms with van der Waals surface area (Å²) in [5, 5.41) is 2.95. The minimum Gasteiger partial charge on any atom is -0.354 e. The van der Waals surface area contributed by atoms with Crippen molar-refractivity contribution in [2.45, 2.75) is 70.4 Å². The first-order chi connectivity index (χ1) is 16.3. The van der Waals surface area contributed by atoms with E-state index in [1.165, 1.54) is 0 Å². The van der Waals surface area contributed by atoms with Gasteiger partial charge in [0.25, 0.3) is 0 Å². The maximum absolute atomic E-state index is 13.2. The first kappa shape index (κ1) is 27.5. The van der Waals surface area contributed by atoms with E-state index in [1.807, 2.05) is 30.3 Å². The van der Waals surface area contributed by atoms with Gasteiger partial charge in [0.15, 0.2) is 0 Å². The van der Waals surface area contributed by atoms with Gasteiger partial charge in [-0.1, -0.05) is 69.2 Å². The highest BCUT2D eigenvalue weighted by Gasteiger charge is 2.25. The number of carbonyl (C=O) groups is 2. The molecule has 0 unspecified atom stereocenters. The molecule has 1 atom stereocenters. The van der Waals surface area contributed by atoms with Crippen molar-refractivity contribution in [3.05, 3.63) is 65.7 Å². The Hall–Kier alpha value is -2.71. The molecule has 2 aromatic rings. The fourth-order valence-corrected chi connectivity index (χ4v) is 4.64. The molecule has 0 heterocycles. The number of benzene rings is 2. The van der Waals surface area contributed by atoms with Gasteiger partial charge in [-0.15, -0.1) is 0 Å². The van der Waals surface area contributed by atoms with E-state index < -0.39 is 16.1 Å². The molecule has 186 valence electrons. The van der Waals surface area contributed by atoms with E-state index in [9.17, 15) is 18.0 Å². The maximum atomic E-state index is 13.2. The van der Waals surface area contributed by atoms with Gasteiger partial charge in [-0.05, 0) is 43.0 Å². The minimum atomic E-state index is -3.51. The Labute approximate surface area is 204 Å². The third kappa shape index (κ3) is 8.57. The number of sulfonamides is 1. The lowest BCUT2D eigenvalue weighted by Crippen LogP contribution is -2.47. The van der Waals surface area contributed by atoms with Gasteiger partial charge in [0.1, 0.15) is 6.04 Å². The fraction of sp³-hybridized carbons (Fsp3) is 0.462. The molecule has 0 fully saturated rings. The SMILES string of the molecule is CCCCCNC(=O)[C@H](C)N(Cc1ccccc1)C(=O)CCc1ccc(S(=O)(=O)NCC)cc1. The molecule has 2 aromatic carbocycles. The van der Waals surface area contributed by atoms with Crippen molar-refractivity contribution < 1.29 is 18.0 Å². The number of amides is 2. The van der Waals surface area contributed by atoms with E-state index in [0.29, 0.717) is 26.1 Å². The van der Waals surface area contributed by atoms with Crippen molar-refractivity contribution in [1.82, 2.24) is 14.9 Å². The molecule has 7 nitrogen and oxygen atoms in total. The molecule has 2 amide bonds. The number of nitrogens with zero attached hydrogens (tertiary/aromatic N) is 1. The van der Waals surface area contributed by atoms with E-state index in [-0.39, 0.29) is 23.1 Å². The molecule has 0 aliphatic rings. The van der Waals surface area contributed by atoms with Crippen LogP contribution in [-0.4, -0.2) is 44.3 Å². The zero-order valence-electron chi connectivity index (χ0n) is 20.4. The van der Waals surface area contributed by atoms with Crippen LogP contribution in [0.3, 0.4) is 0 Å². The minimum absolute atomic E-state index is 0.121. The van der Waals surface area contributed by atoms with Crippen molar-refractivity contribution in [2.24, 2.45) is 0 Å². The average molecular weight is 488 g/mol. The van der Waals surface area contributed by atoms with Crippen LogP contribution >= 0.6 is 0 Å². The number of carbonyl (C=O) groups excluding carboxylic acids is 2. The number of hydrogen-bond donors (Lipinski definition) is 2. The van der Waals surface area contributed by atoms with Crippen LogP contribution in [0.2, 0.25) is 0 Å². The Morgan fingerprint density at radius 2 is 1.62 bits per heavy atom. The molecule has 0 bridgehead atoms. The predicted molar refractivity (Wildman–Crippen MR) is 135 cm³/mol. The van der Waals surface area contributed by atoms with E-state index in [2.05, 4.69) is 17.0 Å². The van der Waals surface area contributed by atoms with Crippen LogP contribution in [0.4, 0.5) is 0 Å². The molecular formula is C26H37N3O4S. The molecule has 2 rings (SSSR count). The number of hydrogen-bond acceptors (Lipinski definition) is 4. The topological polar surface area (TPSA) is 95.6 Å². The summed E-state index contributed by atoms with van der Waals surface area (Å²) < 4.78 is 26.7. The quantitative estimate of drug-likeness (QED) is 0.398. The van der Waals surface area contributed by atoms with Crippen molar-refractivity contribution in [2.75, 3.05) is 13.1 Å². The largest absolute Gasteiger partial charge is 0.354 e. The third-order valence-electron chi connectivity index (χ3n) is 5.64. The lowest BCUT2D eigenvalue weighted by atomic mass is 10.1. The molecule has 2 N–H and O–H groups in total. The molecule has 0 radical (unpaired) electrons. The lowest BCUT2D eigenvalue weighted by Gasteiger charge is -2.29. The zero-order chi connectivity index (χ0) is 25.0. The molecule has 8 heteroatoms. The highest BCUT2D eigenvalue weighted by Crippen LogP contribution is 2.15. The van der Waals surface area contributed by atoms with E-state index >= 15 is 0 Å². The van der Waals surface area contributed by atoms with Crippen molar-refractivity contribution in [3.63, 3.8) is 0 Å². The Balaban J connectivity index is 2.06. The second kappa shape index (κ2) is 13.9. The number of nitrogens with one attached hydrogen (secondary N) is 2. The zero-order valence-corrected chi connectivity index (χ0v) is 21.2. The van der Waals surface area contributed by atoms with Crippen molar-refractivity contribution in [1.29, 1.82) is 0 Å². The Morgan fingerprint density at radius 3 is 2.24 bits per heavy atom. The van der Waals surface area contributed by atoms with Crippen molar-refractivity contribution in [3.8, 4) is 0 Å². The molecule has 0 saturated heterocycles. The molecule has 0 aromatic heterocycles. The Bertz CT molecular complexity index is 1010. The second-order valence-electron chi connectivity index (χ2n) is 8.33. The van der Waals surface area contributed by atoms with E-state index in [1.54, 1.807) is 43.0 Å². The van der Waals surface area contributed by atoms with Crippen LogP contribution in [0.5, 0.6) is 0 Å². The maximum Gasteiger partial charge on any atom is 0.242 e. The number of unbranched alkanes of at least 4 members (excludes halogenated alkanes) is 2. The second-order valence-corrected chi connectivity index (χ2v) is 10.1. The summed E-state index contributed by atoms with van der Waals surface area (Å²) in [6.07, 6.45) is 3.72. The average Bonchev–Trinajstić information content (AvgIpc) is 2.84. The Kier molecular flexibility index (Phi) is 11.2. The lowest BCUT2D eigenvalue weighted by molar-refractivity contribution is -0.140. The Morgan fingerprint density at radius 1 is 0.941 bits per heavy atom. The third-order valence-corrected chi connectivity index (χ3v) is 7.20. The summed E-state index contributed by atoms with van der Waals surface area (Å²) in [5.41, 5.74) is 1.82. The summed E-state index contributed by atoms with van der Waals surface area (Å²) in [5.74, 6) is -0.275. The highest BCUT2D eigenvalue weighted by atomic mass is 32.2. The van der Waals surface area contributed by atoms with Crippen LogP contribution in [0, 0.1) is 0 Å². The number of aryl methyl sites for hydroxylation is 1. The van der Waals surface area contributed by atoms with Gasteiger partial charge in [0.05, 0.1) is 4.90 Å². The van der Waals surface area contributed by atoms with Gasteiger partial charge < -0.3 is 10.2 Å². The van der Waals surface area contributed by atoms with Crippen LogP contribution in [0.15, 0.2) is 59.5 Å². The van der Waals surface area contributed by atoms with Gasteiger partial charge >= 0.3 is 0 Å². The molecule has 0 aliphatic carbocycles. The van der Waals surface area contributed by atoms with Crippen LogP contribution in [0.1, 0.15) is 57.6 Å². The number of rotatable bonds is 14. The first-order valence-corrected chi connectivity index (χ1v) is 13.5. The summed E-state index contributed by atoms with van der Waals surface area (Å²) in [6, 6.07) is 15.6. The van der Waals surface area contributed by atoms with Gasteiger partial charge in [0.2, 0.25) is 21.8 Å². The summed E-state index contributed by atoms with van der Waals surface area (Å²) in [7, 11) is -3.51. The van der Waals surface area contributed by atoms with Crippen molar-refractivity contribution >= 4 is 21.8 Å². The van der Waals surface area contributed by atoms with Crippen LogP contribution < -0.4 is 10.0 Å². The standard InChI is InChI=1S/C26H37N3O4S/c1-4-6-10-19-27-26(31)21(3)29(20-23-11-8-7-9-12-23)25(30)18-15-22-13-16-24(17-14-22)34(32,33)28-5-2/h7-9,11-14,16-17,21,28H,4-6,10,15,18-20H2,1-3H3,(H,27,31)/t21-/m0/s1. The van der Waals surface area contributed by atoms with E-state index in [0.717, 1.165) is 30.4 Å². The fourth-order valence-electron chi connectivity index (χ4n) is 3.60. The summed E-state index contributed by atoms with van der Waals surface area (Å²) in [4.78, 5) is 27.7. The van der Waals surface area contributed by atoms with Gasteiger partial charge in [0, 0.05) is 26.1 Å². The molecule has 0 saturated carbocycles. The monoisotopic (exact) mass is 487 g/mol. The molecular weight excluding hydrogens is 450 g/mol. The summed E-state index contributed by atoms with van der Waals surface area (Å²) >= 11 is 0. The highest BCUT2D eigenvalue weighted by molar-refractivity contribution is 7.89. The van der Waals surface area contributed by atoms with Gasteiger partial charge in [-0.25, -0.2) is 13.1 Å². The van der Waals surface area contributed by atoms with Gasteiger partial charge in [-0.2, -0.15) is 0 Å². The van der Waals surface area contributed by atoms with Gasteiger partial charge in [-0.3, -0.25) is 9.59 Å². The predicted octanol–water partition coefficient (Wildman–Crippen LogP) is 3.64. The molecule has 34 heavy (non-hydrogen) atoms.